The highest BCUT2D eigenvalue weighted by atomic mass is 16.5. The van der Waals surface area contributed by atoms with Crippen LogP contribution in [0.5, 0.6) is 11.5 Å². The zero-order valence-electron chi connectivity index (χ0n) is 14.5. The first-order chi connectivity index (χ1) is 10.9. The number of ether oxygens (including phenoxy) is 3. The van der Waals surface area contributed by atoms with Crippen LogP contribution in [0.4, 0.5) is 5.69 Å². The fourth-order valence-electron chi connectivity index (χ4n) is 2.83. The highest BCUT2D eigenvalue weighted by Crippen LogP contribution is 2.26. The van der Waals surface area contributed by atoms with Crippen LogP contribution in [-0.2, 0) is 9.53 Å². The number of anilines is 1. The Balaban J connectivity index is 2.06. The van der Waals surface area contributed by atoms with E-state index in [1.54, 1.807) is 20.3 Å². The Labute approximate surface area is 137 Å². The molecule has 0 saturated carbocycles. The lowest BCUT2D eigenvalue weighted by atomic mass is 10.2. The van der Waals surface area contributed by atoms with Gasteiger partial charge < -0.3 is 24.4 Å². The normalized spacial score (nSPS) is 22.4. The number of carbonyl (C=O) groups excluding carboxylic acids is 1. The molecule has 2 rings (SSSR count). The van der Waals surface area contributed by atoms with E-state index in [9.17, 15) is 4.79 Å². The first-order valence-electron chi connectivity index (χ1n) is 7.86. The van der Waals surface area contributed by atoms with E-state index in [1.807, 2.05) is 37.8 Å². The summed E-state index contributed by atoms with van der Waals surface area (Å²) in [5.74, 6) is 1.43. The Morgan fingerprint density at radius 3 is 2.17 bits per heavy atom. The Morgan fingerprint density at radius 2 is 1.70 bits per heavy atom. The van der Waals surface area contributed by atoms with Crippen LogP contribution in [0.2, 0.25) is 0 Å². The first kappa shape index (κ1) is 17.4. The van der Waals surface area contributed by atoms with Gasteiger partial charge in [-0.25, -0.2) is 0 Å². The molecule has 6 nitrogen and oxygen atoms in total. The summed E-state index contributed by atoms with van der Waals surface area (Å²) in [6.07, 6.45) is 0.124. The number of morpholine rings is 1. The molecule has 0 aliphatic carbocycles. The fourth-order valence-corrected chi connectivity index (χ4v) is 2.83. The molecule has 1 fully saturated rings. The number of nitrogens with one attached hydrogen (secondary N) is 1. The molecule has 0 aromatic heterocycles. The van der Waals surface area contributed by atoms with Crippen molar-refractivity contribution in [1.29, 1.82) is 0 Å². The van der Waals surface area contributed by atoms with E-state index in [2.05, 4.69) is 5.32 Å². The second-order valence-electron chi connectivity index (χ2n) is 5.97. The molecule has 0 unspecified atom stereocenters. The number of rotatable bonds is 5. The van der Waals surface area contributed by atoms with Crippen molar-refractivity contribution < 1.29 is 19.0 Å². The lowest BCUT2D eigenvalue weighted by molar-refractivity contribution is -0.143. The minimum absolute atomic E-state index is 0.0619. The van der Waals surface area contributed by atoms with Crippen LogP contribution in [0.1, 0.15) is 20.8 Å². The van der Waals surface area contributed by atoms with E-state index in [4.69, 9.17) is 14.2 Å². The molecule has 23 heavy (non-hydrogen) atoms. The van der Waals surface area contributed by atoms with Crippen LogP contribution in [-0.4, -0.2) is 56.4 Å². The molecular formula is C17H26N2O4. The molecule has 1 heterocycles. The van der Waals surface area contributed by atoms with Crippen molar-refractivity contribution in [1.82, 2.24) is 4.90 Å². The lowest BCUT2D eigenvalue weighted by Crippen LogP contribution is -2.52. The third kappa shape index (κ3) is 4.51. The van der Waals surface area contributed by atoms with Gasteiger partial charge in [-0.15, -0.1) is 0 Å². The van der Waals surface area contributed by atoms with Gasteiger partial charge in [0.05, 0.1) is 26.4 Å². The molecule has 0 spiro atoms. The molecule has 1 N–H and O–H groups in total. The third-order valence-corrected chi connectivity index (χ3v) is 3.84. The average Bonchev–Trinajstić information content (AvgIpc) is 2.52. The maximum Gasteiger partial charge on any atom is 0.244 e. The van der Waals surface area contributed by atoms with Gasteiger partial charge in [0.25, 0.3) is 0 Å². The molecule has 1 saturated heterocycles. The SMILES string of the molecule is COc1cc(N[C@@H](C)C(=O)N2C[C@@H](C)O[C@@H](C)C2)cc(OC)c1. The van der Waals surface area contributed by atoms with E-state index in [0.717, 1.165) is 5.69 Å². The Kier molecular flexibility index (Phi) is 5.71. The molecule has 128 valence electrons. The van der Waals surface area contributed by atoms with Gasteiger partial charge in [-0.2, -0.15) is 0 Å². The van der Waals surface area contributed by atoms with Gasteiger partial charge in [0, 0.05) is 37.0 Å². The largest absolute Gasteiger partial charge is 0.497 e. The van der Waals surface area contributed by atoms with Crippen LogP contribution < -0.4 is 14.8 Å². The second-order valence-corrected chi connectivity index (χ2v) is 5.97. The highest BCUT2D eigenvalue weighted by molar-refractivity contribution is 5.84. The lowest BCUT2D eigenvalue weighted by Gasteiger charge is -2.36. The molecule has 6 heteroatoms. The summed E-state index contributed by atoms with van der Waals surface area (Å²) in [6.45, 7) is 7.08. The minimum Gasteiger partial charge on any atom is -0.497 e. The van der Waals surface area contributed by atoms with E-state index >= 15 is 0 Å². The van der Waals surface area contributed by atoms with Gasteiger partial charge in [-0.3, -0.25) is 4.79 Å². The monoisotopic (exact) mass is 322 g/mol. The van der Waals surface area contributed by atoms with Crippen LogP contribution >= 0.6 is 0 Å². The molecule has 1 aromatic carbocycles. The van der Waals surface area contributed by atoms with Crippen molar-refractivity contribution in [3.8, 4) is 11.5 Å². The molecule has 3 atom stereocenters. The molecule has 0 radical (unpaired) electrons. The number of hydrogen-bond donors (Lipinski definition) is 1. The number of nitrogens with zero attached hydrogens (tertiary/aromatic N) is 1. The number of amides is 1. The number of methoxy groups -OCH3 is 2. The van der Waals surface area contributed by atoms with E-state index < -0.39 is 0 Å². The number of benzene rings is 1. The number of hydrogen-bond acceptors (Lipinski definition) is 5. The van der Waals surface area contributed by atoms with Crippen LogP contribution in [0.25, 0.3) is 0 Å². The average molecular weight is 322 g/mol. The first-order valence-corrected chi connectivity index (χ1v) is 7.86. The molecular weight excluding hydrogens is 296 g/mol. The summed E-state index contributed by atoms with van der Waals surface area (Å²) in [5, 5.41) is 3.23. The van der Waals surface area contributed by atoms with Crippen molar-refractivity contribution in [3.05, 3.63) is 18.2 Å². The van der Waals surface area contributed by atoms with Gasteiger partial charge in [-0.05, 0) is 20.8 Å². The van der Waals surface area contributed by atoms with Gasteiger partial charge in [0.1, 0.15) is 17.5 Å². The predicted molar refractivity (Wildman–Crippen MR) is 89.2 cm³/mol. The summed E-state index contributed by atoms with van der Waals surface area (Å²) in [5.41, 5.74) is 0.788. The van der Waals surface area contributed by atoms with Crippen LogP contribution in [0.3, 0.4) is 0 Å². The number of carbonyl (C=O) groups is 1. The summed E-state index contributed by atoms with van der Waals surface area (Å²) in [6, 6.07) is 5.14. The minimum atomic E-state index is -0.343. The summed E-state index contributed by atoms with van der Waals surface area (Å²) in [7, 11) is 3.20. The molecule has 1 aliphatic rings. The predicted octanol–water partition coefficient (Wildman–Crippen LogP) is 2.14. The summed E-state index contributed by atoms with van der Waals surface area (Å²) >= 11 is 0. The quantitative estimate of drug-likeness (QED) is 0.900. The Bertz CT molecular complexity index is 517. The van der Waals surface area contributed by atoms with Crippen molar-refractivity contribution in [2.75, 3.05) is 32.6 Å². The molecule has 1 aliphatic heterocycles. The van der Waals surface area contributed by atoms with E-state index in [-0.39, 0.29) is 24.2 Å². The van der Waals surface area contributed by atoms with E-state index in [0.29, 0.717) is 24.6 Å². The fraction of sp³-hybridized carbons (Fsp3) is 0.588. The molecule has 1 amide bonds. The standard InChI is InChI=1S/C17H26N2O4/c1-11-9-19(10-12(2)23-11)17(20)13(3)18-14-6-15(21-4)8-16(7-14)22-5/h6-8,11-13,18H,9-10H2,1-5H3/t11-,12+,13-/m0/s1. The maximum atomic E-state index is 12.6. The van der Waals surface area contributed by atoms with Gasteiger partial charge in [0.2, 0.25) is 5.91 Å². The molecule has 0 bridgehead atoms. The van der Waals surface area contributed by atoms with Crippen molar-refractivity contribution in [3.63, 3.8) is 0 Å². The molecule has 1 aromatic rings. The van der Waals surface area contributed by atoms with Crippen molar-refractivity contribution in [2.24, 2.45) is 0 Å². The Morgan fingerprint density at radius 1 is 1.17 bits per heavy atom. The van der Waals surface area contributed by atoms with Crippen LogP contribution in [0.15, 0.2) is 18.2 Å². The topological polar surface area (TPSA) is 60.0 Å². The smallest absolute Gasteiger partial charge is 0.244 e. The van der Waals surface area contributed by atoms with Crippen molar-refractivity contribution in [2.45, 2.75) is 39.0 Å². The zero-order valence-corrected chi connectivity index (χ0v) is 14.5. The maximum absolute atomic E-state index is 12.6. The van der Waals surface area contributed by atoms with Gasteiger partial charge in [-0.1, -0.05) is 0 Å². The van der Waals surface area contributed by atoms with Crippen LogP contribution in [0, 0.1) is 0 Å². The third-order valence-electron chi connectivity index (χ3n) is 3.84. The van der Waals surface area contributed by atoms with Crippen molar-refractivity contribution >= 4 is 11.6 Å². The van der Waals surface area contributed by atoms with Gasteiger partial charge in [0.15, 0.2) is 0 Å². The summed E-state index contributed by atoms with van der Waals surface area (Å²) in [4.78, 5) is 14.5. The second kappa shape index (κ2) is 7.55. The van der Waals surface area contributed by atoms with E-state index in [1.165, 1.54) is 0 Å². The summed E-state index contributed by atoms with van der Waals surface area (Å²) < 4.78 is 16.2. The highest BCUT2D eigenvalue weighted by Gasteiger charge is 2.28. The Hall–Kier alpha value is -1.95. The zero-order chi connectivity index (χ0) is 17.0. The van der Waals surface area contributed by atoms with Gasteiger partial charge >= 0.3 is 0 Å².